The molecule has 98 valence electrons. The van der Waals surface area contributed by atoms with Gasteiger partial charge in [0.2, 0.25) is 5.91 Å². The molecular formula is C12H21NO4. The second-order valence-corrected chi connectivity index (χ2v) is 4.21. The summed E-state index contributed by atoms with van der Waals surface area (Å²) in [6.45, 7) is 4.75. The minimum Gasteiger partial charge on any atom is -0.480 e. The van der Waals surface area contributed by atoms with Gasteiger partial charge in [-0.2, -0.15) is 0 Å². The molecule has 0 heterocycles. The molecule has 1 amide bonds. The molecular weight excluding hydrogens is 222 g/mol. The number of aliphatic carboxylic acids is 1. The first kappa shape index (κ1) is 15.6. The first-order valence-corrected chi connectivity index (χ1v) is 5.91. The van der Waals surface area contributed by atoms with Crippen LogP contribution in [0.1, 0.15) is 46.5 Å². The van der Waals surface area contributed by atoms with Crippen LogP contribution in [0.5, 0.6) is 0 Å². The molecule has 5 heteroatoms. The molecule has 0 aromatic rings. The van der Waals surface area contributed by atoms with Crippen LogP contribution in [-0.4, -0.2) is 29.3 Å². The number of amides is 1. The van der Waals surface area contributed by atoms with Gasteiger partial charge < -0.3 is 10.4 Å². The van der Waals surface area contributed by atoms with E-state index in [9.17, 15) is 14.4 Å². The van der Waals surface area contributed by atoms with E-state index in [1.807, 2.05) is 13.8 Å². The van der Waals surface area contributed by atoms with Crippen molar-refractivity contribution in [2.24, 2.45) is 5.41 Å². The number of Topliss-reactive ketones (excluding diaryl/α,β-unsaturated/α-hetero) is 1. The molecule has 2 N–H and O–H groups in total. The Balaban J connectivity index is 4.92. The maximum atomic E-state index is 12.0. The maximum absolute atomic E-state index is 12.0. The third kappa shape index (κ3) is 4.17. The highest BCUT2D eigenvalue weighted by Crippen LogP contribution is 2.31. The van der Waals surface area contributed by atoms with Crippen molar-refractivity contribution in [3.8, 4) is 0 Å². The third-order valence-electron chi connectivity index (χ3n) is 2.86. The van der Waals surface area contributed by atoms with Gasteiger partial charge in [-0.15, -0.1) is 0 Å². The van der Waals surface area contributed by atoms with Crippen molar-refractivity contribution in [2.45, 2.75) is 46.5 Å². The van der Waals surface area contributed by atoms with Gasteiger partial charge in [0.1, 0.15) is 17.7 Å². The van der Waals surface area contributed by atoms with E-state index in [1.54, 1.807) is 0 Å². The predicted octanol–water partition coefficient (Wildman–Crippen LogP) is 1.36. The highest BCUT2D eigenvalue weighted by atomic mass is 16.4. The second-order valence-electron chi connectivity index (χ2n) is 4.21. The highest BCUT2D eigenvalue weighted by Gasteiger charge is 2.41. The zero-order chi connectivity index (χ0) is 13.5. The summed E-state index contributed by atoms with van der Waals surface area (Å²) >= 11 is 0. The summed E-state index contributed by atoms with van der Waals surface area (Å²) in [5.74, 6) is -1.76. The summed E-state index contributed by atoms with van der Waals surface area (Å²) in [5, 5.41) is 10.8. The van der Waals surface area contributed by atoms with Crippen molar-refractivity contribution in [1.29, 1.82) is 0 Å². The Morgan fingerprint density at radius 3 is 1.88 bits per heavy atom. The average molecular weight is 243 g/mol. The lowest BCUT2D eigenvalue weighted by molar-refractivity contribution is -0.145. The van der Waals surface area contributed by atoms with Crippen LogP contribution in [0.4, 0.5) is 0 Å². The van der Waals surface area contributed by atoms with E-state index in [-0.39, 0.29) is 5.78 Å². The maximum Gasteiger partial charge on any atom is 0.322 e. The van der Waals surface area contributed by atoms with Crippen LogP contribution < -0.4 is 5.32 Å². The van der Waals surface area contributed by atoms with Gasteiger partial charge in [0.25, 0.3) is 0 Å². The minimum absolute atomic E-state index is 0.191. The molecule has 0 rings (SSSR count). The number of ketones is 1. The Bertz CT molecular complexity index is 293. The first-order chi connectivity index (χ1) is 7.90. The minimum atomic E-state index is -1.11. The van der Waals surface area contributed by atoms with Crippen LogP contribution in [0.15, 0.2) is 0 Å². The van der Waals surface area contributed by atoms with Crippen LogP contribution in [0.3, 0.4) is 0 Å². The fraction of sp³-hybridized carbons (Fsp3) is 0.750. The molecule has 0 saturated carbocycles. The summed E-state index contributed by atoms with van der Waals surface area (Å²) in [6.07, 6.45) is 2.34. The molecule has 0 aromatic heterocycles. The van der Waals surface area contributed by atoms with Gasteiger partial charge in [-0.1, -0.05) is 26.7 Å². The van der Waals surface area contributed by atoms with Crippen LogP contribution in [0.25, 0.3) is 0 Å². The molecule has 0 bridgehead atoms. The molecule has 0 spiro atoms. The van der Waals surface area contributed by atoms with E-state index in [2.05, 4.69) is 5.32 Å². The van der Waals surface area contributed by atoms with Crippen LogP contribution in [0, 0.1) is 5.41 Å². The molecule has 0 saturated heterocycles. The molecule has 0 fully saturated rings. The van der Waals surface area contributed by atoms with E-state index < -0.39 is 23.8 Å². The number of carboxylic acid groups (broad SMARTS) is 1. The van der Waals surface area contributed by atoms with Crippen molar-refractivity contribution < 1.29 is 19.5 Å². The van der Waals surface area contributed by atoms with Gasteiger partial charge in [0.05, 0.1) is 0 Å². The fourth-order valence-electron chi connectivity index (χ4n) is 2.04. The van der Waals surface area contributed by atoms with E-state index in [4.69, 9.17) is 5.11 Å². The number of carbonyl (C=O) groups is 3. The van der Waals surface area contributed by atoms with E-state index in [0.29, 0.717) is 25.7 Å². The Kier molecular flexibility index (Phi) is 6.46. The Labute approximate surface area is 102 Å². The number of hydrogen-bond acceptors (Lipinski definition) is 3. The molecule has 0 aliphatic carbocycles. The number of rotatable bonds is 8. The second kappa shape index (κ2) is 7.04. The third-order valence-corrected chi connectivity index (χ3v) is 2.86. The lowest BCUT2D eigenvalue weighted by Gasteiger charge is -2.29. The zero-order valence-electron chi connectivity index (χ0n) is 10.7. The van der Waals surface area contributed by atoms with Crippen LogP contribution >= 0.6 is 0 Å². The van der Waals surface area contributed by atoms with Crippen molar-refractivity contribution in [1.82, 2.24) is 5.32 Å². The predicted molar refractivity (Wildman–Crippen MR) is 63.6 cm³/mol. The first-order valence-electron chi connectivity index (χ1n) is 5.91. The lowest BCUT2D eigenvalue weighted by Crippen LogP contribution is -2.47. The molecule has 0 aromatic carbocycles. The van der Waals surface area contributed by atoms with Crippen molar-refractivity contribution in [3.63, 3.8) is 0 Å². The summed E-state index contributed by atoms with van der Waals surface area (Å²) in [7, 11) is 0. The largest absolute Gasteiger partial charge is 0.480 e. The number of nitrogens with one attached hydrogen (secondary N) is 1. The van der Waals surface area contributed by atoms with Crippen LogP contribution in [0.2, 0.25) is 0 Å². The molecule has 0 aliphatic heterocycles. The van der Waals surface area contributed by atoms with Gasteiger partial charge in [0, 0.05) is 0 Å². The Hall–Kier alpha value is -1.39. The van der Waals surface area contributed by atoms with Gasteiger partial charge in [-0.05, 0) is 19.8 Å². The van der Waals surface area contributed by atoms with Crippen molar-refractivity contribution >= 4 is 17.7 Å². The molecule has 5 nitrogen and oxygen atoms in total. The topological polar surface area (TPSA) is 83.5 Å². The monoisotopic (exact) mass is 243 g/mol. The molecule has 0 unspecified atom stereocenters. The summed E-state index contributed by atoms with van der Waals surface area (Å²) < 4.78 is 0. The SMILES string of the molecule is CCCC(CCC)(C(C)=O)C(=O)NCC(=O)O. The molecule has 0 radical (unpaired) electrons. The number of carbonyl (C=O) groups excluding carboxylic acids is 2. The number of hydrogen-bond donors (Lipinski definition) is 2. The summed E-state index contributed by atoms with van der Waals surface area (Å²) in [6, 6.07) is 0. The van der Waals surface area contributed by atoms with Gasteiger partial charge in [-0.25, -0.2) is 0 Å². The average Bonchev–Trinajstić information content (AvgIpc) is 2.24. The normalized spacial score (nSPS) is 11.0. The lowest BCUT2D eigenvalue weighted by atomic mass is 9.75. The Morgan fingerprint density at radius 2 is 1.59 bits per heavy atom. The smallest absolute Gasteiger partial charge is 0.322 e. The molecule has 0 atom stereocenters. The number of carboxylic acids is 1. The van der Waals surface area contributed by atoms with E-state index >= 15 is 0 Å². The Morgan fingerprint density at radius 1 is 1.12 bits per heavy atom. The van der Waals surface area contributed by atoms with Crippen molar-refractivity contribution in [3.05, 3.63) is 0 Å². The van der Waals surface area contributed by atoms with Gasteiger partial charge in [-0.3, -0.25) is 14.4 Å². The fourth-order valence-corrected chi connectivity index (χ4v) is 2.04. The summed E-state index contributed by atoms with van der Waals surface area (Å²) in [4.78, 5) is 34.1. The van der Waals surface area contributed by atoms with E-state index in [1.165, 1.54) is 6.92 Å². The standard InChI is InChI=1S/C12H21NO4/c1-4-6-12(7-5-2,9(3)14)11(17)13-8-10(15)16/h4-8H2,1-3H3,(H,13,17)(H,15,16). The van der Waals surface area contributed by atoms with Crippen LogP contribution in [-0.2, 0) is 14.4 Å². The summed E-state index contributed by atoms with van der Waals surface area (Å²) in [5.41, 5.74) is -1.06. The highest BCUT2D eigenvalue weighted by molar-refractivity contribution is 6.05. The van der Waals surface area contributed by atoms with Crippen molar-refractivity contribution in [2.75, 3.05) is 6.54 Å². The zero-order valence-corrected chi connectivity index (χ0v) is 10.7. The molecule has 17 heavy (non-hydrogen) atoms. The quantitative estimate of drug-likeness (QED) is 0.630. The van der Waals surface area contributed by atoms with Gasteiger partial charge >= 0.3 is 5.97 Å². The molecule has 0 aliphatic rings. The van der Waals surface area contributed by atoms with E-state index in [0.717, 1.165) is 0 Å². The van der Waals surface area contributed by atoms with Gasteiger partial charge in [0.15, 0.2) is 0 Å².